The Kier molecular flexibility index (Phi) is 9.31. The molecule has 1 aliphatic heterocycles. The fourth-order valence-electron chi connectivity index (χ4n) is 3.46. The number of ether oxygens (including phenoxy) is 1. The number of piperidine rings is 1. The van der Waals surface area contributed by atoms with Crippen molar-refractivity contribution in [2.45, 2.75) is 65.1 Å². The summed E-state index contributed by atoms with van der Waals surface area (Å²) in [5.74, 6) is 6.84. The number of benzene rings is 1. The number of amidine groups is 1. The Morgan fingerprint density at radius 2 is 1.94 bits per heavy atom. The van der Waals surface area contributed by atoms with Crippen LogP contribution in [-0.4, -0.2) is 51.4 Å². The number of hydrogen-bond acceptors (Lipinski definition) is 6. The fraction of sp³-hybridized carbons (Fsp3) is 0.636. The summed E-state index contributed by atoms with van der Waals surface area (Å²) in [4.78, 5) is 12.4. The van der Waals surface area contributed by atoms with Crippen LogP contribution in [0.1, 0.15) is 59.1 Å². The molecule has 4 N–H and O–H groups in total. The highest BCUT2D eigenvalue weighted by Gasteiger charge is 2.30. The van der Waals surface area contributed by atoms with Crippen LogP contribution in [0.5, 0.6) is 0 Å². The fourth-order valence-corrected chi connectivity index (χ4v) is 4.56. The second-order valence-corrected chi connectivity index (χ2v) is 10.2. The monoisotopic (exact) mass is 449 g/mol. The van der Waals surface area contributed by atoms with Crippen molar-refractivity contribution in [2.24, 2.45) is 17.0 Å². The van der Waals surface area contributed by atoms with E-state index in [0.29, 0.717) is 11.6 Å². The number of hydrogen-bond donors (Lipinski definition) is 3. The minimum atomic E-state index is -0.537. The SMILES string of the molecule is CC(C)[N+](=NN)C(=N)C1CCN(SC[C@H](NC(=O)OC(C)(C)C)c2ccccc2)CC1. The summed E-state index contributed by atoms with van der Waals surface area (Å²) in [7, 11) is 0. The maximum absolute atomic E-state index is 12.4. The van der Waals surface area contributed by atoms with Gasteiger partial charge in [0.15, 0.2) is 0 Å². The van der Waals surface area contributed by atoms with E-state index in [1.165, 1.54) is 0 Å². The van der Waals surface area contributed by atoms with Crippen LogP contribution in [0.2, 0.25) is 0 Å². The minimum Gasteiger partial charge on any atom is -0.444 e. The molecule has 1 heterocycles. The van der Waals surface area contributed by atoms with Crippen LogP contribution in [0.4, 0.5) is 4.79 Å². The lowest BCUT2D eigenvalue weighted by atomic mass is 9.96. The zero-order chi connectivity index (χ0) is 23.0. The number of rotatable bonds is 7. The second kappa shape index (κ2) is 11.5. The first-order chi connectivity index (χ1) is 14.6. The first kappa shape index (κ1) is 25.1. The molecule has 172 valence electrons. The van der Waals surface area contributed by atoms with E-state index >= 15 is 0 Å². The average Bonchev–Trinajstić information content (AvgIpc) is 2.71. The lowest BCUT2D eigenvalue weighted by molar-refractivity contribution is -0.523. The molecule has 1 fully saturated rings. The van der Waals surface area contributed by atoms with E-state index in [1.807, 2.05) is 65.0 Å². The van der Waals surface area contributed by atoms with Gasteiger partial charge in [-0.3, -0.25) is 4.31 Å². The van der Waals surface area contributed by atoms with Crippen molar-refractivity contribution in [3.63, 3.8) is 0 Å². The summed E-state index contributed by atoms with van der Waals surface area (Å²) >= 11 is 1.73. The van der Waals surface area contributed by atoms with Crippen molar-refractivity contribution in [3.05, 3.63) is 35.9 Å². The molecule has 1 aromatic carbocycles. The molecule has 9 heteroatoms. The standard InChI is InChI=1S/C22H36N6O2S/c1-16(2)28(26-24)20(23)18-11-13-27(14-12-18)31-15-19(17-9-7-6-8-10-17)25-21(29)30-22(3,4)5/h6-10,16,18-19,23-24H,11-15H2,1-5H3,(H,25,29)/p+1/t19-/m0/s1. The normalized spacial score (nSPS) is 17.4. The van der Waals surface area contributed by atoms with Crippen molar-refractivity contribution < 1.29 is 14.2 Å². The molecular weight excluding hydrogens is 412 g/mol. The van der Waals surface area contributed by atoms with Crippen LogP contribution < -0.4 is 11.2 Å². The Bertz CT molecular complexity index is 755. The van der Waals surface area contributed by atoms with E-state index in [4.69, 9.17) is 16.0 Å². The van der Waals surface area contributed by atoms with Gasteiger partial charge in [0, 0.05) is 24.1 Å². The highest BCUT2D eigenvalue weighted by atomic mass is 32.2. The number of nitrogens with zero attached hydrogens (tertiary/aromatic N) is 3. The summed E-state index contributed by atoms with van der Waals surface area (Å²) in [5, 5.41) is 15.2. The highest BCUT2D eigenvalue weighted by Crippen LogP contribution is 2.27. The van der Waals surface area contributed by atoms with Crippen molar-refractivity contribution >= 4 is 23.9 Å². The summed E-state index contributed by atoms with van der Waals surface area (Å²) in [5.41, 5.74) is 0.513. The van der Waals surface area contributed by atoms with Gasteiger partial charge in [-0.15, -0.1) is 4.70 Å². The smallest absolute Gasteiger partial charge is 0.408 e. The van der Waals surface area contributed by atoms with E-state index in [9.17, 15) is 4.79 Å². The van der Waals surface area contributed by atoms with E-state index < -0.39 is 11.7 Å². The Hall–Kier alpha value is -2.13. The number of carbonyl (C=O) groups excluding carboxylic acids is 1. The van der Waals surface area contributed by atoms with Gasteiger partial charge >= 0.3 is 6.09 Å². The Morgan fingerprint density at radius 1 is 1.32 bits per heavy atom. The first-order valence-corrected chi connectivity index (χ1v) is 11.8. The predicted octanol–water partition coefficient (Wildman–Crippen LogP) is 4.34. The molecule has 1 atom stereocenters. The number of amides is 1. The molecule has 1 aromatic rings. The quantitative estimate of drug-likeness (QED) is 0.109. The first-order valence-electron chi connectivity index (χ1n) is 10.8. The van der Waals surface area contributed by atoms with Crippen LogP contribution in [0.15, 0.2) is 35.6 Å². The van der Waals surface area contributed by atoms with Crippen molar-refractivity contribution in [2.75, 3.05) is 18.8 Å². The highest BCUT2D eigenvalue weighted by molar-refractivity contribution is 7.97. The van der Waals surface area contributed by atoms with E-state index in [-0.39, 0.29) is 18.0 Å². The molecule has 0 saturated carbocycles. The molecule has 8 nitrogen and oxygen atoms in total. The van der Waals surface area contributed by atoms with Crippen molar-refractivity contribution in [3.8, 4) is 0 Å². The molecule has 0 aliphatic carbocycles. The van der Waals surface area contributed by atoms with Gasteiger partial charge in [0.2, 0.25) is 0 Å². The van der Waals surface area contributed by atoms with Gasteiger partial charge < -0.3 is 10.1 Å². The Labute approximate surface area is 190 Å². The van der Waals surface area contributed by atoms with Gasteiger partial charge in [-0.25, -0.2) is 10.6 Å². The third kappa shape index (κ3) is 8.14. The lowest BCUT2D eigenvalue weighted by Gasteiger charge is -2.31. The largest absolute Gasteiger partial charge is 0.444 e. The second-order valence-electron chi connectivity index (χ2n) is 9.05. The van der Waals surface area contributed by atoms with Crippen LogP contribution in [0, 0.1) is 11.3 Å². The predicted molar refractivity (Wildman–Crippen MR) is 125 cm³/mol. The molecule has 0 bridgehead atoms. The Balaban J connectivity index is 1.92. The van der Waals surface area contributed by atoms with Crippen LogP contribution in [0.3, 0.4) is 0 Å². The third-order valence-corrected chi connectivity index (χ3v) is 6.23. The summed E-state index contributed by atoms with van der Waals surface area (Å²) in [6, 6.07) is 9.89. The van der Waals surface area contributed by atoms with Crippen LogP contribution >= 0.6 is 11.9 Å². The van der Waals surface area contributed by atoms with Crippen LogP contribution in [0.25, 0.3) is 0 Å². The lowest BCUT2D eigenvalue weighted by Crippen LogP contribution is -2.39. The maximum Gasteiger partial charge on any atom is 0.408 e. The third-order valence-electron chi connectivity index (χ3n) is 5.02. The van der Waals surface area contributed by atoms with E-state index in [2.05, 4.69) is 14.8 Å². The number of nitrogens with two attached hydrogens (primary N) is 1. The minimum absolute atomic E-state index is 0.0791. The molecule has 0 unspecified atom stereocenters. The molecule has 0 spiro atoms. The Morgan fingerprint density at radius 3 is 2.45 bits per heavy atom. The van der Waals surface area contributed by atoms with Gasteiger partial charge in [0.25, 0.3) is 5.84 Å². The van der Waals surface area contributed by atoms with Gasteiger partial charge in [0.1, 0.15) is 5.60 Å². The molecule has 0 radical (unpaired) electrons. The van der Waals surface area contributed by atoms with Crippen LogP contribution in [-0.2, 0) is 4.74 Å². The maximum atomic E-state index is 12.4. The number of nitrogens with one attached hydrogen (secondary N) is 2. The van der Waals surface area contributed by atoms with Gasteiger partial charge in [-0.2, -0.15) is 5.41 Å². The summed E-state index contributed by atoms with van der Waals surface area (Å²) in [6.45, 7) is 11.3. The zero-order valence-corrected chi connectivity index (χ0v) is 20.1. The van der Waals surface area contributed by atoms with Gasteiger partial charge in [0.05, 0.1) is 18.0 Å². The zero-order valence-electron chi connectivity index (χ0n) is 19.3. The number of carbonyl (C=O) groups is 1. The van der Waals surface area contributed by atoms with E-state index in [1.54, 1.807) is 16.6 Å². The molecular formula is C22H37N6O2S+. The topological polar surface area (TPSA) is 107 Å². The molecule has 1 saturated heterocycles. The molecule has 2 rings (SSSR count). The molecule has 31 heavy (non-hydrogen) atoms. The van der Waals surface area contributed by atoms with Gasteiger partial charge in [-0.1, -0.05) is 42.3 Å². The van der Waals surface area contributed by atoms with Crippen molar-refractivity contribution in [1.29, 1.82) is 5.41 Å². The summed E-state index contributed by atoms with van der Waals surface area (Å²) < 4.78 is 9.37. The van der Waals surface area contributed by atoms with Crippen molar-refractivity contribution in [1.82, 2.24) is 9.62 Å². The molecule has 1 aliphatic rings. The number of alkyl carbamates (subject to hydrolysis) is 1. The molecule has 1 amide bonds. The molecule has 0 aromatic heterocycles. The van der Waals surface area contributed by atoms with E-state index in [0.717, 1.165) is 31.5 Å². The average molecular weight is 450 g/mol. The van der Waals surface area contributed by atoms with Gasteiger partial charge in [-0.05, 0) is 53.0 Å². The summed E-state index contributed by atoms with van der Waals surface area (Å²) in [6.07, 6.45) is 1.37.